The topological polar surface area (TPSA) is 93.3 Å². The highest BCUT2D eigenvalue weighted by Crippen LogP contribution is 2.30. The molecule has 1 heterocycles. The van der Waals surface area contributed by atoms with E-state index in [4.69, 9.17) is 16.7 Å². The quantitative estimate of drug-likeness (QED) is 0.666. The number of halogens is 3. The molecule has 0 atom stereocenters. The molecule has 1 aromatic heterocycles. The van der Waals surface area contributed by atoms with Gasteiger partial charge in [-0.3, -0.25) is 14.9 Å². The first-order valence-corrected chi connectivity index (χ1v) is 4.54. The highest BCUT2D eigenvalue weighted by Gasteiger charge is 2.24. The van der Waals surface area contributed by atoms with E-state index < -0.39 is 45.8 Å². The molecular formula is C8H5ClF2N2O4. The smallest absolute Gasteiger partial charge is 0.309 e. The predicted octanol–water partition coefficient (Wildman–Crippen LogP) is 2.21. The maximum Gasteiger partial charge on any atom is 0.309 e. The summed E-state index contributed by atoms with van der Waals surface area (Å²) in [4.78, 5) is 23.3. The average molecular weight is 267 g/mol. The molecule has 1 aromatic rings. The minimum atomic E-state index is -3.03. The van der Waals surface area contributed by atoms with Gasteiger partial charge in [0, 0.05) is 6.07 Å². The second kappa shape index (κ2) is 5.00. The molecule has 92 valence electrons. The molecule has 0 aromatic carbocycles. The third-order valence-electron chi connectivity index (χ3n) is 1.78. The maximum absolute atomic E-state index is 12.4. The summed E-state index contributed by atoms with van der Waals surface area (Å²) < 4.78 is 24.8. The van der Waals surface area contributed by atoms with Crippen molar-refractivity contribution >= 4 is 23.3 Å². The summed E-state index contributed by atoms with van der Waals surface area (Å²) >= 11 is 5.38. The highest BCUT2D eigenvalue weighted by molar-refractivity contribution is 6.31. The van der Waals surface area contributed by atoms with Crippen LogP contribution in [-0.2, 0) is 11.2 Å². The first-order chi connectivity index (χ1) is 7.82. The van der Waals surface area contributed by atoms with Gasteiger partial charge in [0.05, 0.1) is 16.4 Å². The van der Waals surface area contributed by atoms with Gasteiger partial charge in [-0.2, -0.15) is 0 Å². The van der Waals surface area contributed by atoms with Crippen LogP contribution in [0, 0.1) is 10.1 Å². The Morgan fingerprint density at radius 3 is 2.65 bits per heavy atom. The van der Waals surface area contributed by atoms with E-state index in [2.05, 4.69) is 4.98 Å². The molecule has 0 radical (unpaired) electrons. The summed E-state index contributed by atoms with van der Waals surface area (Å²) in [6.07, 6.45) is -3.86. The third-order valence-corrected chi connectivity index (χ3v) is 2.08. The molecule has 0 saturated heterocycles. The van der Waals surface area contributed by atoms with Gasteiger partial charge in [-0.1, -0.05) is 11.6 Å². The number of carboxylic acid groups (broad SMARTS) is 1. The molecular weight excluding hydrogens is 262 g/mol. The van der Waals surface area contributed by atoms with Crippen LogP contribution >= 0.6 is 11.6 Å². The second-order valence-electron chi connectivity index (χ2n) is 2.95. The fourth-order valence-corrected chi connectivity index (χ4v) is 1.35. The van der Waals surface area contributed by atoms with Crippen LogP contribution in [0.4, 0.5) is 14.5 Å². The predicted molar refractivity (Wildman–Crippen MR) is 52.2 cm³/mol. The Bertz CT molecular complexity index is 481. The van der Waals surface area contributed by atoms with Crippen molar-refractivity contribution < 1.29 is 23.6 Å². The Morgan fingerprint density at radius 2 is 2.24 bits per heavy atom. The molecule has 1 rings (SSSR count). The molecule has 6 nitrogen and oxygen atoms in total. The van der Waals surface area contributed by atoms with Crippen molar-refractivity contribution in [2.24, 2.45) is 0 Å². The first kappa shape index (κ1) is 13.2. The molecule has 0 aliphatic heterocycles. The lowest BCUT2D eigenvalue weighted by atomic mass is 10.2. The lowest BCUT2D eigenvalue weighted by molar-refractivity contribution is -0.385. The Kier molecular flexibility index (Phi) is 3.89. The Balaban J connectivity index is 3.36. The molecule has 0 saturated carbocycles. The summed E-state index contributed by atoms with van der Waals surface area (Å²) in [5.74, 6) is -1.41. The van der Waals surface area contributed by atoms with Crippen LogP contribution in [-0.4, -0.2) is 21.0 Å². The van der Waals surface area contributed by atoms with Crippen LogP contribution in [0.1, 0.15) is 17.8 Å². The maximum atomic E-state index is 12.4. The Labute approximate surface area is 98.0 Å². The van der Waals surface area contributed by atoms with Crippen LogP contribution in [0.5, 0.6) is 0 Å². The van der Waals surface area contributed by atoms with E-state index in [1.54, 1.807) is 0 Å². The number of aromatic nitrogens is 1. The van der Waals surface area contributed by atoms with E-state index in [-0.39, 0.29) is 0 Å². The van der Waals surface area contributed by atoms with E-state index in [0.29, 0.717) is 6.07 Å². The van der Waals surface area contributed by atoms with Gasteiger partial charge in [0.2, 0.25) is 0 Å². The molecule has 0 amide bonds. The molecule has 0 aliphatic carbocycles. The third kappa shape index (κ3) is 3.06. The van der Waals surface area contributed by atoms with Crippen LogP contribution in [0.3, 0.4) is 0 Å². The number of nitrogens with zero attached hydrogens (tertiary/aromatic N) is 2. The second-order valence-corrected chi connectivity index (χ2v) is 3.36. The first-order valence-electron chi connectivity index (χ1n) is 4.16. The number of carboxylic acids is 1. The summed E-state index contributed by atoms with van der Waals surface area (Å²) in [5, 5.41) is 18.5. The van der Waals surface area contributed by atoms with E-state index >= 15 is 0 Å². The number of alkyl halides is 2. The summed E-state index contributed by atoms with van der Waals surface area (Å²) in [5.41, 5.74) is -2.11. The molecule has 0 unspecified atom stereocenters. The van der Waals surface area contributed by atoms with Gasteiger partial charge >= 0.3 is 5.97 Å². The number of carbonyl (C=O) groups is 1. The normalized spacial score (nSPS) is 10.6. The number of aliphatic carboxylic acids is 1. The van der Waals surface area contributed by atoms with Gasteiger partial charge in [-0.15, -0.1) is 0 Å². The SMILES string of the molecule is O=C(O)Cc1nc(C(F)F)c(Cl)cc1[N+](=O)[O-]. The zero-order valence-corrected chi connectivity index (χ0v) is 8.82. The van der Waals surface area contributed by atoms with Crippen LogP contribution in [0.25, 0.3) is 0 Å². The highest BCUT2D eigenvalue weighted by atomic mass is 35.5. The fraction of sp³-hybridized carbons (Fsp3) is 0.250. The monoisotopic (exact) mass is 266 g/mol. The minimum Gasteiger partial charge on any atom is -0.481 e. The number of rotatable bonds is 4. The largest absolute Gasteiger partial charge is 0.481 e. The number of hydrogen-bond acceptors (Lipinski definition) is 4. The van der Waals surface area contributed by atoms with Gasteiger partial charge in [-0.05, 0) is 0 Å². The van der Waals surface area contributed by atoms with Gasteiger partial charge in [0.1, 0.15) is 11.4 Å². The van der Waals surface area contributed by atoms with Gasteiger partial charge in [0.15, 0.2) is 0 Å². The van der Waals surface area contributed by atoms with E-state index in [1.165, 1.54) is 0 Å². The minimum absolute atomic E-state index is 0.554. The van der Waals surface area contributed by atoms with Crippen molar-refractivity contribution in [1.29, 1.82) is 0 Å². The summed E-state index contributed by atoms with van der Waals surface area (Å²) in [6, 6.07) is 0.675. The van der Waals surface area contributed by atoms with Crippen molar-refractivity contribution in [3.63, 3.8) is 0 Å². The van der Waals surface area contributed by atoms with Gasteiger partial charge in [0.25, 0.3) is 12.1 Å². The number of pyridine rings is 1. The summed E-state index contributed by atoms with van der Waals surface area (Å²) in [6.45, 7) is 0. The fourth-order valence-electron chi connectivity index (χ4n) is 1.12. The molecule has 0 fully saturated rings. The van der Waals surface area contributed by atoms with Crippen molar-refractivity contribution in [3.05, 3.63) is 32.6 Å². The number of hydrogen-bond donors (Lipinski definition) is 1. The van der Waals surface area contributed by atoms with Crippen LogP contribution in [0.15, 0.2) is 6.07 Å². The van der Waals surface area contributed by atoms with Gasteiger partial charge in [-0.25, -0.2) is 13.8 Å². The standard InChI is InChI=1S/C8H5ClF2N2O4/c9-3-1-5(13(16)17)4(2-6(14)15)12-7(3)8(10)11/h1,8H,2H2,(H,14,15). The Morgan fingerprint density at radius 1 is 1.65 bits per heavy atom. The van der Waals surface area contributed by atoms with E-state index in [0.717, 1.165) is 0 Å². The molecule has 9 heteroatoms. The van der Waals surface area contributed by atoms with Gasteiger partial charge < -0.3 is 5.11 Å². The number of nitro groups is 1. The lowest BCUT2D eigenvalue weighted by Gasteiger charge is -2.05. The molecule has 17 heavy (non-hydrogen) atoms. The Hall–Kier alpha value is -1.83. The molecule has 0 spiro atoms. The van der Waals surface area contributed by atoms with Crippen molar-refractivity contribution in [1.82, 2.24) is 4.98 Å². The van der Waals surface area contributed by atoms with E-state index in [9.17, 15) is 23.7 Å². The zero-order valence-electron chi connectivity index (χ0n) is 8.06. The van der Waals surface area contributed by atoms with Crippen LogP contribution < -0.4 is 0 Å². The molecule has 0 aliphatic rings. The summed E-state index contributed by atoms with van der Waals surface area (Å²) in [7, 11) is 0. The van der Waals surface area contributed by atoms with E-state index in [1.807, 2.05) is 0 Å². The van der Waals surface area contributed by atoms with Crippen molar-refractivity contribution in [2.45, 2.75) is 12.8 Å². The molecule has 1 N–H and O–H groups in total. The zero-order chi connectivity index (χ0) is 13.2. The lowest BCUT2D eigenvalue weighted by Crippen LogP contribution is -2.08. The van der Waals surface area contributed by atoms with Crippen molar-refractivity contribution in [2.75, 3.05) is 0 Å². The molecule has 0 bridgehead atoms. The average Bonchev–Trinajstić information content (AvgIpc) is 2.18. The van der Waals surface area contributed by atoms with Crippen LogP contribution in [0.2, 0.25) is 5.02 Å². The van der Waals surface area contributed by atoms with Crippen molar-refractivity contribution in [3.8, 4) is 0 Å².